The first-order chi connectivity index (χ1) is 8.97. The lowest BCUT2D eigenvalue weighted by Gasteiger charge is -2.12. The van der Waals surface area contributed by atoms with Crippen molar-refractivity contribution in [3.8, 4) is 0 Å². The number of aryl methyl sites for hydroxylation is 1. The number of nitrogens with one attached hydrogen (secondary N) is 1. The van der Waals surface area contributed by atoms with Gasteiger partial charge in [0.2, 0.25) is 5.91 Å². The van der Waals surface area contributed by atoms with Gasteiger partial charge in [-0.15, -0.1) is 0 Å². The summed E-state index contributed by atoms with van der Waals surface area (Å²) < 4.78 is 1.06. The number of aliphatic hydroxyl groups excluding tert-OH is 1. The first kappa shape index (κ1) is 14.0. The molecule has 1 aromatic heterocycles. The van der Waals surface area contributed by atoms with E-state index in [0.717, 1.165) is 15.8 Å². The number of hydrogen-bond donors (Lipinski definition) is 2. The lowest BCUT2D eigenvalue weighted by atomic mass is 10.0. The number of thiazole rings is 1. The predicted molar refractivity (Wildman–Crippen MR) is 78.4 cm³/mol. The van der Waals surface area contributed by atoms with Crippen molar-refractivity contribution >= 4 is 32.6 Å². The van der Waals surface area contributed by atoms with Gasteiger partial charge in [0.25, 0.3) is 0 Å². The fourth-order valence-electron chi connectivity index (χ4n) is 1.74. The summed E-state index contributed by atoms with van der Waals surface area (Å²) in [6.45, 7) is 5.77. The molecule has 0 bridgehead atoms. The summed E-state index contributed by atoms with van der Waals surface area (Å²) in [6, 6.07) is 5.96. The molecule has 2 N–H and O–H groups in total. The van der Waals surface area contributed by atoms with Crippen LogP contribution in [0.25, 0.3) is 10.2 Å². The van der Waals surface area contributed by atoms with Gasteiger partial charge in [0.05, 0.1) is 22.7 Å². The summed E-state index contributed by atoms with van der Waals surface area (Å²) in [5.41, 5.74) is 2.02. The molecule has 1 unspecified atom stereocenters. The Hall–Kier alpha value is -1.46. The van der Waals surface area contributed by atoms with Gasteiger partial charge in [0.15, 0.2) is 5.13 Å². The monoisotopic (exact) mass is 278 g/mol. The maximum Gasteiger partial charge on any atom is 0.228 e. The van der Waals surface area contributed by atoms with E-state index in [1.165, 1.54) is 11.3 Å². The van der Waals surface area contributed by atoms with Crippen molar-refractivity contribution in [2.45, 2.75) is 33.3 Å². The number of benzene rings is 1. The molecule has 0 aliphatic rings. The van der Waals surface area contributed by atoms with Gasteiger partial charge >= 0.3 is 0 Å². The standard InChI is InChI=1S/C14H18N2O2S/c1-8(2)10(17)7-12(18)15-14-16-13-9(3)5-4-6-11(13)19-14/h4-6,8,10,17H,7H2,1-3H3,(H,15,16,18). The number of amides is 1. The van der Waals surface area contributed by atoms with Crippen LogP contribution in [0, 0.1) is 12.8 Å². The average Bonchev–Trinajstić information content (AvgIpc) is 2.72. The minimum absolute atomic E-state index is 0.0726. The van der Waals surface area contributed by atoms with Crippen LogP contribution in [0.3, 0.4) is 0 Å². The first-order valence-corrected chi connectivity index (χ1v) is 7.13. The van der Waals surface area contributed by atoms with Crippen molar-refractivity contribution in [1.29, 1.82) is 0 Å². The second-order valence-corrected chi connectivity index (χ2v) is 6.03. The molecule has 2 rings (SSSR count). The molecule has 0 saturated carbocycles. The van der Waals surface area contributed by atoms with Gasteiger partial charge < -0.3 is 10.4 Å². The van der Waals surface area contributed by atoms with E-state index in [4.69, 9.17) is 0 Å². The molecule has 4 nitrogen and oxygen atoms in total. The topological polar surface area (TPSA) is 62.2 Å². The minimum Gasteiger partial charge on any atom is -0.392 e. The van der Waals surface area contributed by atoms with Crippen LogP contribution in [-0.2, 0) is 4.79 Å². The number of carbonyl (C=O) groups is 1. The molecule has 0 spiro atoms. The lowest BCUT2D eigenvalue weighted by Crippen LogP contribution is -2.23. The summed E-state index contributed by atoms with van der Waals surface area (Å²) in [4.78, 5) is 16.2. The Morgan fingerprint density at radius 3 is 2.84 bits per heavy atom. The zero-order chi connectivity index (χ0) is 14.0. The van der Waals surface area contributed by atoms with E-state index >= 15 is 0 Å². The number of carbonyl (C=O) groups excluding carboxylic acids is 1. The molecular formula is C14H18N2O2S. The van der Waals surface area contributed by atoms with E-state index in [2.05, 4.69) is 10.3 Å². The van der Waals surface area contributed by atoms with Gasteiger partial charge in [-0.05, 0) is 24.5 Å². The maximum absolute atomic E-state index is 11.8. The van der Waals surface area contributed by atoms with Crippen molar-refractivity contribution in [2.24, 2.45) is 5.92 Å². The predicted octanol–water partition coefficient (Wildman–Crippen LogP) is 2.95. The molecule has 1 amide bonds. The Balaban J connectivity index is 2.09. The molecule has 0 aliphatic carbocycles. The number of para-hydroxylation sites is 1. The number of nitrogens with zero attached hydrogens (tertiary/aromatic N) is 1. The molecule has 2 aromatic rings. The smallest absolute Gasteiger partial charge is 0.228 e. The summed E-state index contributed by atoms with van der Waals surface area (Å²) in [5.74, 6) is -0.124. The quantitative estimate of drug-likeness (QED) is 0.904. The first-order valence-electron chi connectivity index (χ1n) is 6.31. The fourth-order valence-corrected chi connectivity index (χ4v) is 2.70. The summed E-state index contributed by atoms with van der Waals surface area (Å²) in [6.07, 6.45) is -0.511. The second kappa shape index (κ2) is 5.67. The molecule has 0 saturated heterocycles. The number of rotatable bonds is 4. The van der Waals surface area contributed by atoms with E-state index in [1.54, 1.807) is 0 Å². The van der Waals surface area contributed by atoms with Crippen molar-refractivity contribution in [3.05, 3.63) is 23.8 Å². The third-order valence-corrected chi connectivity index (χ3v) is 3.97. The molecule has 0 fully saturated rings. The van der Waals surface area contributed by atoms with Crippen molar-refractivity contribution in [1.82, 2.24) is 4.98 Å². The van der Waals surface area contributed by atoms with Crippen LogP contribution in [0.5, 0.6) is 0 Å². The zero-order valence-electron chi connectivity index (χ0n) is 11.3. The fraction of sp³-hybridized carbons (Fsp3) is 0.429. The molecular weight excluding hydrogens is 260 g/mol. The van der Waals surface area contributed by atoms with Crippen molar-refractivity contribution < 1.29 is 9.90 Å². The molecule has 102 valence electrons. The number of anilines is 1. The van der Waals surface area contributed by atoms with Crippen LogP contribution in [0.4, 0.5) is 5.13 Å². The van der Waals surface area contributed by atoms with E-state index in [0.29, 0.717) is 5.13 Å². The highest BCUT2D eigenvalue weighted by molar-refractivity contribution is 7.22. The van der Waals surface area contributed by atoms with Crippen LogP contribution in [0.2, 0.25) is 0 Å². The second-order valence-electron chi connectivity index (χ2n) is 5.00. The highest BCUT2D eigenvalue weighted by Crippen LogP contribution is 2.28. The summed E-state index contributed by atoms with van der Waals surface area (Å²) in [5, 5.41) is 13.0. The summed E-state index contributed by atoms with van der Waals surface area (Å²) in [7, 11) is 0. The van der Waals surface area contributed by atoms with Gasteiger partial charge in [-0.1, -0.05) is 37.3 Å². The Morgan fingerprint density at radius 1 is 1.47 bits per heavy atom. The molecule has 19 heavy (non-hydrogen) atoms. The van der Waals surface area contributed by atoms with E-state index < -0.39 is 6.10 Å². The number of fused-ring (bicyclic) bond motifs is 1. The van der Waals surface area contributed by atoms with Crippen LogP contribution >= 0.6 is 11.3 Å². The van der Waals surface area contributed by atoms with Crippen LogP contribution in [0.15, 0.2) is 18.2 Å². The lowest BCUT2D eigenvalue weighted by molar-refractivity contribution is -0.118. The third kappa shape index (κ3) is 3.30. The Bertz CT molecular complexity index is 592. The van der Waals surface area contributed by atoms with Crippen molar-refractivity contribution in [2.75, 3.05) is 5.32 Å². The maximum atomic E-state index is 11.8. The normalized spacial score (nSPS) is 12.9. The molecule has 0 radical (unpaired) electrons. The van der Waals surface area contributed by atoms with Gasteiger partial charge in [-0.25, -0.2) is 4.98 Å². The number of hydrogen-bond acceptors (Lipinski definition) is 4. The molecule has 1 aromatic carbocycles. The Kier molecular flexibility index (Phi) is 4.17. The van der Waals surface area contributed by atoms with Gasteiger partial charge in [0.1, 0.15) is 0 Å². The van der Waals surface area contributed by atoms with Crippen molar-refractivity contribution in [3.63, 3.8) is 0 Å². The molecule has 0 aliphatic heterocycles. The van der Waals surface area contributed by atoms with Crippen LogP contribution in [-0.4, -0.2) is 22.1 Å². The van der Waals surface area contributed by atoms with E-state index in [9.17, 15) is 9.90 Å². The number of aliphatic hydroxyl groups is 1. The van der Waals surface area contributed by atoms with Crippen LogP contribution in [0.1, 0.15) is 25.8 Å². The van der Waals surface area contributed by atoms with Gasteiger partial charge in [-0.2, -0.15) is 0 Å². The molecule has 1 heterocycles. The van der Waals surface area contributed by atoms with Gasteiger partial charge in [-0.3, -0.25) is 4.79 Å². The highest BCUT2D eigenvalue weighted by atomic mass is 32.1. The molecule has 5 heteroatoms. The number of aromatic nitrogens is 1. The van der Waals surface area contributed by atoms with E-state index in [-0.39, 0.29) is 18.2 Å². The van der Waals surface area contributed by atoms with Crippen LogP contribution < -0.4 is 5.32 Å². The Morgan fingerprint density at radius 2 is 2.21 bits per heavy atom. The summed E-state index contributed by atoms with van der Waals surface area (Å²) >= 11 is 1.45. The highest BCUT2D eigenvalue weighted by Gasteiger charge is 2.15. The largest absolute Gasteiger partial charge is 0.392 e. The minimum atomic E-state index is -0.615. The SMILES string of the molecule is Cc1cccc2sc(NC(=O)CC(O)C(C)C)nc12. The zero-order valence-corrected chi connectivity index (χ0v) is 12.1. The van der Waals surface area contributed by atoms with E-state index in [1.807, 2.05) is 39.0 Å². The molecule has 1 atom stereocenters. The van der Waals surface area contributed by atoms with Gasteiger partial charge in [0, 0.05) is 0 Å². The third-order valence-electron chi connectivity index (χ3n) is 3.03. The average molecular weight is 278 g/mol. The Labute approximate surface area is 116 Å².